The van der Waals surface area contributed by atoms with E-state index in [-0.39, 0.29) is 0 Å². The van der Waals surface area contributed by atoms with Crippen LogP contribution < -0.4 is 0 Å². The molecule has 5 nitrogen and oxygen atoms in total. The van der Waals surface area contributed by atoms with Gasteiger partial charge in [0.1, 0.15) is 6.10 Å². The predicted octanol–water partition coefficient (Wildman–Crippen LogP) is 1.52. The highest BCUT2D eigenvalue weighted by Crippen LogP contribution is 2.28. The first-order valence-corrected chi connectivity index (χ1v) is 8.12. The first-order chi connectivity index (χ1) is 7.79. The maximum Gasteiger partial charge on any atom is 0.152 e. The second-order valence-corrected chi connectivity index (χ2v) is 7.34. The lowest BCUT2D eigenvalue weighted by Crippen LogP contribution is -2.26. The van der Waals surface area contributed by atoms with Crippen LogP contribution in [0.2, 0.25) is 0 Å². The average Bonchev–Trinajstić information content (AvgIpc) is 2.57. The number of hydrogen-bond acceptors (Lipinski definition) is 4. The second-order valence-electron chi connectivity index (χ2n) is 4.08. The lowest BCUT2D eigenvalue weighted by atomic mass is 10.2. The van der Waals surface area contributed by atoms with Gasteiger partial charge in [-0.1, -0.05) is 6.92 Å². The standard InChI is InChI=1S/C10H17BrN2O3S/c1-4-5-13-9(8(11)6-12-13)10(14)7(2)17(3,15)16/h6-7,10,14H,4-5H2,1-3H3. The number of aromatic nitrogens is 2. The summed E-state index contributed by atoms with van der Waals surface area (Å²) in [5, 5.41) is 13.4. The van der Waals surface area contributed by atoms with Gasteiger partial charge in [0.05, 0.1) is 21.6 Å². The van der Waals surface area contributed by atoms with E-state index in [4.69, 9.17) is 0 Å². The van der Waals surface area contributed by atoms with E-state index in [1.165, 1.54) is 6.92 Å². The number of nitrogens with zero attached hydrogens (tertiary/aromatic N) is 2. The van der Waals surface area contributed by atoms with Crippen LogP contribution >= 0.6 is 15.9 Å². The summed E-state index contributed by atoms with van der Waals surface area (Å²) in [7, 11) is -3.29. The molecule has 0 saturated carbocycles. The highest BCUT2D eigenvalue weighted by Gasteiger charge is 2.29. The number of hydrogen-bond donors (Lipinski definition) is 1. The summed E-state index contributed by atoms with van der Waals surface area (Å²) in [6.45, 7) is 4.13. The fourth-order valence-corrected chi connectivity index (χ4v) is 2.64. The van der Waals surface area contributed by atoms with Crippen molar-refractivity contribution in [3.05, 3.63) is 16.4 Å². The molecule has 0 aliphatic carbocycles. The lowest BCUT2D eigenvalue weighted by Gasteiger charge is -2.19. The molecule has 0 aliphatic rings. The van der Waals surface area contributed by atoms with Crippen LogP contribution in [-0.4, -0.2) is 34.8 Å². The van der Waals surface area contributed by atoms with Crippen molar-refractivity contribution in [2.75, 3.05) is 6.26 Å². The molecule has 0 aliphatic heterocycles. The molecule has 0 bridgehead atoms. The Labute approximate surface area is 110 Å². The van der Waals surface area contributed by atoms with E-state index in [1.54, 1.807) is 10.9 Å². The van der Waals surface area contributed by atoms with Gasteiger partial charge in [-0.2, -0.15) is 5.10 Å². The molecule has 1 heterocycles. The molecule has 0 fully saturated rings. The predicted molar refractivity (Wildman–Crippen MR) is 69.5 cm³/mol. The zero-order valence-electron chi connectivity index (χ0n) is 10.1. The Morgan fingerprint density at radius 1 is 1.59 bits per heavy atom. The molecular weight excluding hydrogens is 308 g/mol. The van der Waals surface area contributed by atoms with Crippen molar-refractivity contribution < 1.29 is 13.5 Å². The van der Waals surface area contributed by atoms with Crippen molar-refractivity contribution in [1.29, 1.82) is 0 Å². The third kappa shape index (κ3) is 3.29. The van der Waals surface area contributed by atoms with Gasteiger partial charge in [-0.15, -0.1) is 0 Å². The first-order valence-electron chi connectivity index (χ1n) is 5.37. The molecule has 17 heavy (non-hydrogen) atoms. The molecule has 1 aromatic rings. The largest absolute Gasteiger partial charge is 0.385 e. The topological polar surface area (TPSA) is 72.2 Å². The molecule has 0 saturated heterocycles. The van der Waals surface area contributed by atoms with Gasteiger partial charge in [0.25, 0.3) is 0 Å². The number of sulfone groups is 1. The quantitative estimate of drug-likeness (QED) is 0.891. The summed E-state index contributed by atoms with van der Waals surface area (Å²) in [6.07, 6.45) is 2.48. The minimum Gasteiger partial charge on any atom is -0.385 e. The molecule has 7 heteroatoms. The summed E-state index contributed by atoms with van der Waals surface area (Å²) >= 11 is 3.28. The maximum absolute atomic E-state index is 11.4. The molecule has 2 atom stereocenters. The molecule has 0 spiro atoms. The Bertz CT molecular complexity index is 484. The molecule has 2 unspecified atom stereocenters. The van der Waals surface area contributed by atoms with Crippen LogP contribution in [0.1, 0.15) is 32.1 Å². The second kappa shape index (κ2) is 5.49. The van der Waals surface area contributed by atoms with Crippen molar-refractivity contribution in [3.63, 3.8) is 0 Å². The molecule has 1 N–H and O–H groups in total. The SMILES string of the molecule is CCCn1ncc(Br)c1C(O)C(C)S(C)(=O)=O. The van der Waals surface area contributed by atoms with E-state index < -0.39 is 21.2 Å². The van der Waals surface area contributed by atoms with Crippen LogP contribution in [0.4, 0.5) is 0 Å². The minimum atomic E-state index is -3.29. The Kier molecular flexibility index (Phi) is 4.74. The molecular formula is C10H17BrN2O3S. The minimum absolute atomic E-state index is 0.518. The van der Waals surface area contributed by atoms with Crippen LogP contribution in [0, 0.1) is 0 Å². The first kappa shape index (κ1) is 14.7. The van der Waals surface area contributed by atoms with Crippen LogP contribution in [-0.2, 0) is 16.4 Å². The fourth-order valence-electron chi connectivity index (χ4n) is 1.51. The van der Waals surface area contributed by atoms with E-state index in [0.29, 0.717) is 16.7 Å². The van der Waals surface area contributed by atoms with Crippen molar-refractivity contribution >= 4 is 25.8 Å². The molecule has 1 rings (SSSR count). The van der Waals surface area contributed by atoms with Crippen LogP contribution in [0.5, 0.6) is 0 Å². The summed E-state index contributed by atoms with van der Waals surface area (Å²) < 4.78 is 25.2. The Morgan fingerprint density at radius 2 is 2.18 bits per heavy atom. The Morgan fingerprint density at radius 3 is 2.65 bits per heavy atom. The van der Waals surface area contributed by atoms with Gasteiger partial charge >= 0.3 is 0 Å². The van der Waals surface area contributed by atoms with E-state index in [0.717, 1.165) is 12.7 Å². The highest BCUT2D eigenvalue weighted by atomic mass is 79.9. The van der Waals surface area contributed by atoms with Gasteiger partial charge in [0.2, 0.25) is 0 Å². The van der Waals surface area contributed by atoms with Crippen LogP contribution in [0.3, 0.4) is 0 Å². The monoisotopic (exact) mass is 324 g/mol. The van der Waals surface area contributed by atoms with Gasteiger partial charge in [-0.3, -0.25) is 4.68 Å². The fraction of sp³-hybridized carbons (Fsp3) is 0.700. The van der Waals surface area contributed by atoms with Gasteiger partial charge < -0.3 is 5.11 Å². The maximum atomic E-state index is 11.4. The summed E-state index contributed by atoms with van der Waals surface area (Å²) in [6, 6.07) is 0. The molecule has 1 aromatic heterocycles. The van der Waals surface area contributed by atoms with Crippen LogP contribution in [0.25, 0.3) is 0 Å². The zero-order valence-corrected chi connectivity index (χ0v) is 12.5. The Balaban J connectivity index is 3.11. The summed E-state index contributed by atoms with van der Waals surface area (Å²) in [5.74, 6) is 0. The Hall–Kier alpha value is -0.400. The number of aliphatic hydroxyl groups is 1. The van der Waals surface area contributed by atoms with E-state index in [1.807, 2.05) is 6.92 Å². The number of aliphatic hydroxyl groups excluding tert-OH is 1. The highest BCUT2D eigenvalue weighted by molar-refractivity contribution is 9.10. The third-order valence-electron chi connectivity index (χ3n) is 2.67. The number of aryl methyl sites for hydroxylation is 1. The molecule has 0 radical (unpaired) electrons. The summed E-state index contributed by atoms with van der Waals surface area (Å²) in [4.78, 5) is 0. The van der Waals surface area contributed by atoms with Crippen molar-refractivity contribution in [3.8, 4) is 0 Å². The van der Waals surface area contributed by atoms with E-state index >= 15 is 0 Å². The van der Waals surface area contributed by atoms with Gasteiger partial charge in [-0.25, -0.2) is 8.42 Å². The van der Waals surface area contributed by atoms with Gasteiger partial charge in [0.15, 0.2) is 9.84 Å². The van der Waals surface area contributed by atoms with E-state index in [2.05, 4.69) is 21.0 Å². The molecule has 0 aromatic carbocycles. The number of halogens is 1. The van der Waals surface area contributed by atoms with Crippen LogP contribution in [0.15, 0.2) is 10.7 Å². The normalized spacial score (nSPS) is 15.8. The van der Waals surface area contributed by atoms with Crippen molar-refractivity contribution in [2.45, 2.75) is 38.2 Å². The summed E-state index contributed by atoms with van der Waals surface area (Å²) in [5.41, 5.74) is 0.518. The van der Waals surface area contributed by atoms with Crippen molar-refractivity contribution in [2.24, 2.45) is 0 Å². The van der Waals surface area contributed by atoms with Gasteiger partial charge in [0, 0.05) is 12.8 Å². The molecule has 98 valence electrons. The van der Waals surface area contributed by atoms with Crippen molar-refractivity contribution in [1.82, 2.24) is 9.78 Å². The average molecular weight is 325 g/mol. The smallest absolute Gasteiger partial charge is 0.152 e. The number of rotatable bonds is 5. The lowest BCUT2D eigenvalue weighted by molar-refractivity contribution is 0.163. The zero-order chi connectivity index (χ0) is 13.2. The van der Waals surface area contributed by atoms with Gasteiger partial charge in [-0.05, 0) is 29.3 Å². The van der Waals surface area contributed by atoms with E-state index in [9.17, 15) is 13.5 Å². The molecule has 0 amide bonds. The third-order valence-corrected chi connectivity index (χ3v) is 4.89.